The van der Waals surface area contributed by atoms with Gasteiger partial charge in [-0.15, -0.1) is 11.3 Å². The van der Waals surface area contributed by atoms with E-state index in [-0.39, 0.29) is 0 Å². The molecule has 0 saturated carbocycles. The molecule has 0 aliphatic rings. The maximum atomic E-state index is 5.41. The monoisotopic (exact) mass is 818 g/mol. The quantitative estimate of drug-likeness (QED) is 0.177. The number of aromatic nitrogens is 4. The lowest BCUT2D eigenvalue weighted by Gasteiger charge is -2.16. The lowest BCUT2D eigenvalue weighted by atomic mass is 10.0. The smallest absolute Gasteiger partial charge is 0.160 e. The summed E-state index contributed by atoms with van der Waals surface area (Å²) in [5.74, 6) is 0.699. The van der Waals surface area contributed by atoms with Crippen molar-refractivity contribution in [1.82, 2.24) is 19.1 Å². The predicted octanol–water partition coefficient (Wildman–Crippen LogP) is 15.8. The van der Waals surface area contributed by atoms with Gasteiger partial charge in [0.15, 0.2) is 5.82 Å². The van der Waals surface area contributed by atoms with E-state index < -0.39 is 0 Å². The Hall–Kier alpha value is -8.12. The van der Waals surface area contributed by atoms with Gasteiger partial charge in [0.05, 0.1) is 39.0 Å². The number of benzene rings is 10. The van der Waals surface area contributed by atoms with Gasteiger partial charge in [0, 0.05) is 74.7 Å². The van der Waals surface area contributed by atoms with Crippen LogP contribution in [0.15, 0.2) is 206 Å². The Morgan fingerprint density at radius 3 is 1.92 bits per heavy atom. The molecule has 0 aliphatic heterocycles. The summed E-state index contributed by atoms with van der Waals surface area (Å²) in [5, 5.41) is 13.3. The van der Waals surface area contributed by atoms with Crippen molar-refractivity contribution in [2.24, 2.45) is 0 Å². The van der Waals surface area contributed by atoms with Crippen LogP contribution in [0.2, 0.25) is 0 Å². The highest BCUT2D eigenvalue weighted by Crippen LogP contribution is 2.45. The summed E-state index contributed by atoms with van der Waals surface area (Å²) in [5.41, 5.74) is 10.8. The van der Waals surface area contributed by atoms with Crippen LogP contribution in [0, 0.1) is 0 Å². The minimum atomic E-state index is 0.699. The van der Waals surface area contributed by atoms with Gasteiger partial charge in [-0.2, -0.15) is 0 Å². The Morgan fingerprint density at radius 2 is 1.05 bits per heavy atom. The summed E-state index contributed by atoms with van der Waals surface area (Å²) < 4.78 is 7.56. The van der Waals surface area contributed by atoms with E-state index in [4.69, 9.17) is 9.97 Å². The van der Waals surface area contributed by atoms with E-state index in [1.54, 1.807) is 0 Å². The fourth-order valence-electron chi connectivity index (χ4n) is 10.3. The minimum absolute atomic E-state index is 0.699. The Kier molecular flexibility index (Phi) is 7.24. The number of rotatable bonds is 4. The van der Waals surface area contributed by atoms with Gasteiger partial charge >= 0.3 is 0 Å². The molecule has 0 spiro atoms. The van der Waals surface area contributed by atoms with Gasteiger partial charge in [0.25, 0.3) is 0 Å². The lowest BCUT2D eigenvalue weighted by Crippen LogP contribution is -1.99. The molecule has 0 saturated heterocycles. The predicted molar refractivity (Wildman–Crippen MR) is 267 cm³/mol. The van der Waals surface area contributed by atoms with Crippen LogP contribution in [-0.2, 0) is 0 Å². The topological polar surface area (TPSA) is 35.6 Å². The van der Waals surface area contributed by atoms with Crippen LogP contribution in [0.3, 0.4) is 0 Å². The summed E-state index contributed by atoms with van der Waals surface area (Å²) in [6, 6.07) is 74.9. The van der Waals surface area contributed by atoms with E-state index in [1.165, 1.54) is 80.0 Å². The molecule has 4 aromatic heterocycles. The van der Waals surface area contributed by atoms with Crippen molar-refractivity contribution in [3.05, 3.63) is 206 Å². The molecule has 0 radical (unpaired) electrons. The Labute approximate surface area is 365 Å². The van der Waals surface area contributed by atoms with Crippen molar-refractivity contribution in [2.45, 2.75) is 0 Å². The summed E-state index contributed by atoms with van der Waals surface area (Å²) in [4.78, 5) is 10.6. The first kappa shape index (κ1) is 34.6. The summed E-state index contributed by atoms with van der Waals surface area (Å²) >= 11 is 1.84. The Balaban J connectivity index is 1.03. The van der Waals surface area contributed by atoms with Gasteiger partial charge in [-0.25, -0.2) is 9.97 Å². The highest BCUT2D eigenvalue weighted by Gasteiger charge is 2.24. The summed E-state index contributed by atoms with van der Waals surface area (Å²) in [6.07, 6.45) is 0. The number of fused-ring (bicyclic) bond motifs is 13. The number of thiophene rings is 1. The molecule has 0 amide bonds. The van der Waals surface area contributed by atoms with Crippen molar-refractivity contribution in [2.75, 3.05) is 0 Å². The molecule has 4 nitrogen and oxygen atoms in total. The van der Waals surface area contributed by atoms with Crippen LogP contribution in [0.5, 0.6) is 0 Å². The fourth-order valence-corrected chi connectivity index (χ4v) is 11.4. The second-order valence-electron chi connectivity index (χ2n) is 16.5. The van der Waals surface area contributed by atoms with Crippen molar-refractivity contribution < 1.29 is 0 Å². The van der Waals surface area contributed by atoms with Crippen molar-refractivity contribution in [1.29, 1.82) is 0 Å². The number of hydrogen-bond acceptors (Lipinski definition) is 3. The van der Waals surface area contributed by atoms with E-state index in [1.807, 2.05) is 11.3 Å². The molecule has 0 unspecified atom stereocenters. The van der Waals surface area contributed by atoms with Crippen LogP contribution < -0.4 is 0 Å². The minimum Gasteiger partial charge on any atom is -0.309 e. The van der Waals surface area contributed by atoms with E-state index in [2.05, 4.69) is 215 Å². The molecule has 0 atom stereocenters. The zero-order valence-corrected chi connectivity index (χ0v) is 34.6. The Morgan fingerprint density at radius 1 is 0.365 bits per heavy atom. The SMILES string of the molecule is c1cc(-c2nc(-c3ccc4sc5ccccc5c4c3)c3ccccc3n2)cc(-n2c3ccccc3c3c(-n4c5ccccc5c5ccc6ccccc6c54)c4ccccc4cc32)c1. The van der Waals surface area contributed by atoms with Crippen molar-refractivity contribution in [3.8, 4) is 34.0 Å². The van der Waals surface area contributed by atoms with Gasteiger partial charge in [-0.3, -0.25) is 0 Å². The third-order valence-electron chi connectivity index (χ3n) is 13.1. The van der Waals surface area contributed by atoms with Gasteiger partial charge < -0.3 is 9.13 Å². The highest BCUT2D eigenvalue weighted by molar-refractivity contribution is 7.25. The fraction of sp³-hybridized carbons (Fsp3) is 0. The molecule has 292 valence electrons. The summed E-state index contributed by atoms with van der Waals surface area (Å²) in [6.45, 7) is 0. The van der Waals surface area contributed by atoms with Gasteiger partial charge in [0.2, 0.25) is 0 Å². The first-order valence-corrected chi connectivity index (χ1v) is 22.2. The molecule has 14 aromatic rings. The van der Waals surface area contributed by atoms with Crippen LogP contribution >= 0.6 is 11.3 Å². The van der Waals surface area contributed by atoms with E-state index in [9.17, 15) is 0 Å². The van der Waals surface area contributed by atoms with Gasteiger partial charge in [-0.05, 0) is 65.4 Å². The normalized spacial score (nSPS) is 12.1. The van der Waals surface area contributed by atoms with Crippen LogP contribution in [0.1, 0.15) is 0 Å². The second kappa shape index (κ2) is 13.2. The molecule has 0 fully saturated rings. The third kappa shape index (κ3) is 5.03. The molecule has 0 N–H and O–H groups in total. The zero-order chi connectivity index (χ0) is 41.2. The molecule has 4 heterocycles. The van der Waals surface area contributed by atoms with E-state index in [0.717, 1.165) is 44.4 Å². The van der Waals surface area contributed by atoms with Crippen molar-refractivity contribution >= 4 is 108 Å². The lowest BCUT2D eigenvalue weighted by molar-refractivity contribution is 1.17. The van der Waals surface area contributed by atoms with Crippen LogP contribution in [-0.4, -0.2) is 19.1 Å². The van der Waals surface area contributed by atoms with Crippen molar-refractivity contribution in [3.63, 3.8) is 0 Å². The Bertz CT molecular complexity index is 4230. The highest BCUT2D eigenvalue weighted by atomic mass is 32.1. The third-order valence-corrected chi connectivity index (χ3v) is 14.2. The average molecular weight is 819 g/mol. The molecule has 10 aromatic carbocycles. The van der Waals surface area contributed by atoms with Gasteiger partial charge in [-0.1, -0.05) is 152 Å². The van der Waals surface area contributed by atoms with Crippen LogP contribution in [0.4, 0.5) is 0 Å². The number of hydrogen-bond donors (Lipinski definition) is 0. The average Bonchev–Trinajstić information content (AvgIpc) is 4.00. The van der Waals surface area contributed by atoms with E-state index in [0.29, 0.717) is 5.82 Å². The van der Waals surface area contributed by atoms with Crippen LogP contribution in [0.25, 0.3) is 130 Å². The second-order valence-corrected chi connectivity index (χ2v) is 17.6. The molecular weight excluding hydrogens is 785 g/mol. The number of para-hydroxylation sites is 3. The first-order valence-electron chi connectivity index (χ1n) is 21.4. The maximum Gasteiger partial charge on any atom is 0.160 e. The first-order chi connectivity index (χ1) is 31.2. The molecular formula is C58H34N4S. The summed E-state index contributed by atoms with van der Waals surface area (Å²) in [7, 11) is 0. The molecule has 0 aliphatic carbocycles. The molecule has 5 heteroatoms. The molecule has 14 rings (SSSR count). The van der Waals surface area contributed by atoms with Gasteiger partial charge in [0.1, 0.15) is 0 Å². The molecule has 63 heavy (non-hydrogen) atoms. The zero-order valence-electron chi connectivity index (χ0n) is 33.8. The molecule has 0 bridgehead atoms. The maximum absolute atomic E-state index is 5.41. The largest absolute Gasteiger partial charge is 0.309 e. The standard InChI is InChI=1S/C58H34N4S/c1-3-18-40-35(14-1)28-30-44-42-20-6-10-25-49(42)62(56(40)44)57-41-19-4-2-15-36(41)34-51-54(57)46-23-7-11-26-50(46)61(51)39-17-13-16-38(32-39)58-59-48-24-9-5-22-45(48)55(60-58)37-29-31-53-47(33-37)43-21-8-12-27-52(43)63-53/h1-34H. The number of nitrogens with zero attached hydrogens (tertiary/aromatic N) is 4. The van der Waals surface area contributed by atoms with E-state index >= 15 is 0 Å².